The molecular formula is C14H23ClN2O. The molecule has 1 aromatic rings. The lowest BCUT2D eigenvalue weighted by Gasteiger charge is -2.24. The topological polar surface area (TPSA) is 24.5 Å². The van der Waals surface area contributed by atoms with Crippen molar-refractivity contribution in [3.63, 3.8) is 0 Å². The van der Waals surface area contributed by atoms with Gasteiger partial charge in [0.05, 0.1) is 10.7 Å². The lowest BCUT2D eigenvalue weighted by Crippen LogP contribution is -2.23. The van der Waals surface area contributed by atoms with Gasteiger partial charge in [0.15, 0.2) is 0 Å². The fraction of sp³-hybridized carbons (Fsp3) is 0.571. The van der Waals surface area contributed by atoms with Gasteiger partial charge in [-0.3, -0.25) is 0 Å². The third kappa shape index (κ3) is 4.48. The van der Waals surface area contributed by atoms with E-state index in [0.29, 0.717) is 0 Å². The largest absolute Gasteiger partial charge is 0.385 e. The summed E-state index contributed by atoms with van der Waals surface area (Å²) in [5.74, 6) is 0. The van der Waals surface area contributed by atoms with Gasteiger partial charge in [-0.1, -0.05) is 30.7 Å². The van der Waals surface area contributed by atoms with E-state index in [4.69, 9.17) is 16.3 Å². The van der Waals surface area contributed by atoms with Crippen molar-refractivity contribution in [1.29, 1.82) is 0 Å². The summed E-state index contributed by atoms with van der Waals surface area (Å²) in [6, 6.07) is 6.07. The first-order chi connectivity index (χ1) is 8.70. The molecule has 0 heterocycles. The molecule has 0 aliphatic heterocycles. The second-order valence-corrected chi connectivity index (χ2v) is 4.70. The minimum Gasteiger partial charge on any atom is -0.385 e. The normalized spacial score (nSPS) is 10.7. The molecule has 0 saturated carbocycles. The van der Waals surface area contributed by atoms with E-state index in [9.17, 15) is 0 Å². The number of para-hydroxylation sites is 1. The Labute approximate surface area is 115 Å². The van der Waals surface area contributed by atoms with E-state index in [2.05, 4.69) is 30.3 Å². The minimum atomic E-state index is 0.775. The summed E-state index contributed by atoms with van der Waals surface area (Å²) in [5.41, 5.74) is 2.36. The molecular weight excluding hydrogens is 248 g/mol. The van der Waals surface area contributed by atoms with Gasteiger partial charge in [0.1, 0.15) is 0 Å². The van der Waals surface area contributed by atoms with Crippen LogP contribution >= 0.6 is 11.6 Å². The Morgan fingerprint density at radius 2 is 2.17 bits per heavy atom. The Morgan fingerprint density at radius 1 is 1.39 bits per heavy atom. The summed E-state index contributed by atoms with van der Waals surface area (Å²) >= 11 is 6.32. The van der Waals surface area contributed by atoms with Crippen molar-refractivity contribution in [2.75, 3.05) is 38.8 Å². The van der Waals surface area contributed by atoms with Crippen molar-refractivity contribution >= 4 is 17.3 Å². The fourth-order valence-electron chi connectivity index (χ4n) is 1.95. The van der Waals surface area contributed by atoms with Crippen molar-refractivity contribution < 1.29 is 4.74 Å². The van der Waals surface area contributed by atoms with Crippen LogP contribution in [0.4, 0.5) is 5.69 Å². The van der Waals surface area contributed by atoms with E-state index < -0.39 is 0 Å². The molecule has 1 rings (SSSR count). The SMILES string of the molecule is CCNCc1cccc(Cl)c1N(C)CCCOC. The molecule has 4 heteroatoms. The minimum absolute atomic E-state index is 0.775. The summed E-state index contributed by atoms with van der Waals surface area (Å²) < 4.78 is 5.08. The predicted octanol–water partition coefficient (Wildman–Crippen LogP) is 2.92. The molecule has 0 amide bonds. The summed E-state index contributed by atoms with van der Waals surface area (Å²) in [6.07, 6.45) is 0.999. The Morgan fingerprint density at radius 3 is 2.83 bits per heavy atom. The lowest BCUT2D eigenvalue weighted by molar-refractivity contribution is 0.196. The number of rotatable bonds is 8. The van der Waals surface area contributed by atoms with E-state index in [1.807, 2.05) is 12.1 Å². The summed E-state index contributed by atoms with van der Waals surface area (Å²) in [4.78, 5) is 2.20. The lowest BCUT2D eigenvalue weighted by atomic mass is 10.1. The molecule has 0 unspecified atom stereocenters. The van der Waals surface area contributed by atoms with Gasteiger partial charge >= 0.3 is 0 Å². The highest BCUT2D eigenvalue weighted by molar-refractivity contribution is 6.33. The van der Waals surface area contributed by atoms with Gasteiger partial charge in [-0.05, 0) is 24.6 Å². The van der Waals surface area contributed by atoms with Crippen LogP contribution < -0.4 is 10.2 Å². The Bertz CT molecular complexity index is 358. The van der Waals surface area contributed by atoms with E-state index in [1.165, 1.54) is 5.56 Å². The third-order valence-corrected chi connectivity index (χ3v) is 3.16. The Balaban J connectivity index is 2.77. The monoisotopic (exact) mass is 270 g/mol. The first kappa shape index (κ1) is 15.3. The van der Waals surface area contributed by atoms with Crippen LogP contribution in [0.25, 0.3) is 0 Å². The van der Waals surface area contributed by atoms with Gasteiger partial charge in [0.2, 0.25) is 0 Å². The molecule has 1 aromatic carbocycles. The second kappa shape index (κ2) is 8.35. The first-order valence-corrected chi connectivity index (χ1v) is 6.76. The number of hydrogen-bond acceptors (Lipinski definition) is 3. The predicted molar refractivity (Wildman–Crippen MR) is 78.6 cm³/mol. The molecule has 0 atom stereocenters. The Kier molecular flexibility index (Phi) is 7.09. The van der Waals surface area contributed by atoms with E-state index >= 15 is 0 Å². The standard InChI is InChI=1S/C14H23ClN2O/c1-4-16-11-12-7-5-8-13(15)14(12)17(2)9-6-10-18-3/h5,7-8,16H,4,6,9-11H2,1-3H3. The number of nitrogens with zero attached hydrogens (tertiary/aromatic N) is 1. The van der Waals surface area contributed by atoms with Gasteiger partial charge in [-0.15, -0.1) is 0 Å². The molecule has 0 aliphatic rings. The summed E-state index contributed by atoms with van der Waals surface area (Å²) in [7, 11) is 3.80. The maximum absolute atomic E-state index is 6.32. The second-order valence-electron chi connectivity index (χ2n) is 4.30. The molecule has 0 aliphatic carbocycles. The third-order valence-electron chi connectivity index (χ3n) is 2.86. The van der Waals surface area contributed by atoms with Gasteiger partial charge in [-0.2, -0.15) is 0 Å². The smallest absolute Gasteiger partial charge is 0.0642 e. The van der Waals surface area contributed by atoms with Crippen molar-refractivity contribution in [2.45, 2.75) is 19.9 Å². The van der Waals surface area contributed by atoms with Crippen LogP contribution in [0.3, 0.4) is 0 Å². The van der Waals surface area contributed by atoms with Gasteiger partial charge in [0.25, 0.3) is 0 Å². The van der Waals surface area contributed by atoms with Crippen molar-refractivity contribution in [3.05, 3.63) is 28.8 Å². The number of anilines is 1. The molecule has 0 aromatic heterocycles. The number of methoxy groups -OCH3 is 1. The highest BCUT2D eigenvalue weighted by Crippen LogP contribution is 2.29. The van der Waals surface area contributed by atoms with Crippen LogP contribution in [0.15, 0.2) is 18.2 Å². The van der Waals surface area contributed by atoms with Crippen LogP contribution in [-0.4, -0.2) is 33.9 Å². The average molecular weight is 271 g/mol. The van der Waals surface area contributed by atoms with E-state index in [-0.39, 0.29) is 0 Å². The van der Waals surface area contributed by atoms with Gasteiger partial charge in [0, 0.05) is 33.9 Å². The molecule has 0 saturated heterocycles. The maximum Gasteiger partial charge on any atom is 0.0642 e. The van der Waals surface area contributed by atoms with Crippen LogP contribution in [0.5, 0.6) is 0 Å². The zero-order chi connectivity index (χ0) is 13.4. The Hall–Kier alpha value is -0.770. The number of halogens is 1. The van der Waals surface area contributed by atoms with Crippen LogP contribution in [0, 0.1) is 0 Å². The van der Waals surface area contributed by atoms with Crippen LogP contribution in [-0.2, 0) is 11.3 Å². The number of hydrogen-bond donors (Lipinski definition) is 1. The molecule has 0 fully saturated rings. The number of benzene rings is 1. The quantitative estimate of drug-likeness (QED) is 0.735. The van der Waals surface area contributed by atoms with Gasteiger partial charge in [-0.25, -0.2) is 0 Å². The summed E-state index contributed by atoms with van der Waals surface area (Å²) in [5, 5.41) is 4.15. The molecule has 1 N–H and O–H groups in total. The molecule has 18 heavy (non-hydrogen) atoms. The fourth-order valence-corrected chi connectivity index (χ4v) is 2.29. The molecule has 0 radical (unpaired) electrons. The number of ether oxygens (including phenoxy) is 1. The average Bonchev–Trinajstić information content (AvgIpc) is 2.36. The highest BCUT2D eigenvalue weighted by atomic mass is 35.5. The maximum atomic E-state index is 6.32. The molecule has 0 bridgehead atoms. The van der Waals surface area contributed by atoms with Gasteiger partial charge < -0.3 is 15.0 Å². The number of nitrogens with one attached hydrogen (secondary N) is 1. The van der Waals surface area contributed by atoms with Crippen molar-refractivity contribution in [2.24, 2.45) is 0 Å². The zero-order valence-corrected chi connectivity index (χ0v) is 12.3. The highest BCUT2D eigenvalue weighted by Gasteiger charge is 2.11. The van der Waals surface area contributed by atoms with Crippen LogP contribution in [0.1, 0.15) is 18.9 Å². The molecule has 102 valence electrons. The van der Waals surface area contributed by atoms with Crippen LogP contribution in [0.2, 0.25) is 5.02 Å². The first-order valence-electron chi connectivity index (χ1n) is 6.38. The molecule has 0 spiro atoms. The van der Waals surface area contributed by atoms with Crippen molar-refractivity contribution in [3.8, 4) is 0 Å². The zero-order valence-electron chi connectivity index (χ0n) is 11.5. The van der Waals surface area contributed by atoms with Crippen molar-refractivity contribution in [1.82, 2.24) is 5.32 Å². The summed E-state index contributed by atoms with van der Waals surface area (Å²) in [6.45, 7) is 5.63. The molecule has 3 nitrogen and oxygen atoms in total. The van der Waals surface area contributed by atoms with E-state index in [0.717, 1.165) is 43.4 Å². The van der Waals surface area contributed by atoms with E-state index in [1.54, 1.807) is 7.11 Å².